The summed E-state index contributed by atoms with van der Waals surface area (Å²) in [6.45, 7) is 2.41. The van der Waals surface area contributed by atoms with Gasteiger partial charge >= 0.3 is 6.18 Å². The largest absolute Gasteiger partial charge is 0.508 e. The van der Waals surface area contributed by atoms with Crippen LogP contribution in [0, 0.1) is 23.2 Å². The molecular formula is C20H13F3N2O. The van der Waals surface area contributed by atoms with Crippen LogP contribution in [0.15, 0.2) is 42.5 Å². The summed E-state index contributed by atoms with van der Waals surface area (Å²) >= 11 is 0. The Morgan fingerprint density at radius 3 is 2.35 bits per heavy atom. The Labute approximate surface area is 147 Å². The van der Waals surface area contributed by atoms with Crippen molar-refractivity contribution in [1.29, 1.82) is 5.26 Å². The van der Waals surface area contributed by atoms with E-state index in [0.717, 1.165) is 12.1 Å². The van der Waals surface area contributed by atoms with Gasteiger partial charge in [0, 0.05) is 23.6 Å². The standard InChI is InChI=1S/C20H13F3N2O/c1-2-25-18(17(12-24)16-9-8-15(26)11-19(16)25)10-5-13-3-6-14(7-4-13)20(21,22)23/h3-4,6-9,11,26H,2H2,1H3. The molecule has 0 fully saturated rings. The second-order valence-corrected chi connectivity index (χ2v) is 5.61. The number of aromatic hydroxyl groups is 1. The van der Waals surface area contributed by atoms with Gasteiger partial charge in [0.2, 0.25) is 0 Å². The summed E-state index contributed by atoms with van der Waals surface area (Å²) in [6, 6.07) is 11.4. The van der Waals surface area contributed by atoms with Crippen molar-refractivity contribution in [2.24, 2.45) is 0 Å². The highest BCUT2D eigenvalue weighted by Crippen LogP contribution is 2.30. The maximum atomic E-state index is 12.6. The van der Waals surface area contributed by atoms with Gasteiger partial charge in [-0.3, -0.25) is 0 Å². The van der Waals surface area contributed by atoms with E-state index in [1.165, 1.54) is 18.2 Å². The van der Waals surface area contributed by atoms with E-state index in [9.17, 15) is 23.5 Å². The summed E-state index contributed by atoms with van der Waals surface area (Å²) in [5.74, 6) is 5.79. The third-order valence-corrected chi connectivity index (χ3v) is 4.01. The highest BCUT2D eigenvalue weighted by atomic mass is 19.4. The van der Waals surface area contributed by atoms with E-state index in [4.69, 9.17) is 0 Å². The second kappa shape index (κ2) is 6.50. The lowest BCUT2D eigenvalue weighted by Crippen LogP contribution is -2.04. The van der Waals surface area contributed by atoms with E-state index in [-0.39, 0.29) is 5.75 Å². The Morgan fingerprint density at radius 1 is 1.08 bits per heavy atom. The Balaban J connectivity index is 2.10. The fraction of sp³-hybridized carbons (Fsp3) is 0.150. The summed E-state index contributed by atoms with van der Waals surface area (Å²) < 4.78 is 39.7. The first-order valence-corrected chi connectivity index (χ1v) is 7.79. The molecule has 2 aromatic carbocycles. The fourth-order valence-electron chi connectivity index (χ4n) is 2.78. The van der Waals surface area contributed by atoms with Crippen LogP contribution < -0.4 is 0 Å². The van der Waals surface area contributed by atoms with Crippen molar-refractivity contribution in [1.82, 2.24) is 4.57 Å². The quantitative estimate of drug-likeness (QED) is 0.646. The van der Waals surface area contributed by atoms with Crippen LogP contribution in [0.3, 0.4) is 0 Å². The highest BCUT2D eigenvalue weighted by Gasteiger charge is 2.29. The van der Waals surface area contributed by atoms with Crippen LogP contribution in [0.4, 0.5) is 13.2 Å². The van der Waals surface area contributed by atoms with Crippen molar-refractivity contribution in [3.05, 3.63) is 64.8 Å². The first-order valence-electron chi connectivity index (χ1n) is 7.79. The molecular weight excluding hydrogens is 341 g/mol. The monoisotopic (exact) mass is 354 g/mol. The number of phenolic OH excluding ortho intramolecular Hbond substituents is 1. The Hall–Kier alpha value is -3.38. The minimum atomic E-state index is -4.39. The number of hydrogen-bond donors (Lipinski definition) is 1. The summed E-state index contributed by atoms with van der Waals surface area (Å²) in [7, 11) is 0. The molecule has 0 spiro atoms. The van der Waals surface area contributed by atoms with Crippen LogP contribution in [0.25, 0.3) is 10.9 Å². The maximum absolute atomic E-state index is 12.6. The van der Waals surface area contributed by atoms with Crippen molar-refractivity contribution < 1.29 is 18.3 Å². The first-order chi connectivity index (χ1) is 12.3. The molecule has 0 aliphatic carbocycles. The molecule has 0 atom stereocenters. The number of rotatable bonds is 1. The third kappa shape index (κ3) is 3.10. The number of aryl methyl sites for hydroxylation is 1. The number of nitriles is 1. The van der Waals surface area contributed by atoms with Gasteiger partial charge in [0.05, 0.1) is 16.6 Å². The predicted octanol–water partition coefficient (Wildman–Crippen LogP) is 4.66. The molecule has 1 N–H and O–H groups in total. The SMILES string of the molecule is CCn1c(C#Cc2ccc(C(F)(F)F)cc2)c(C#N)c2ccc(O)cc21. The molecule has 3 nitrogen and oxygen atoms in total. The van der Waals surface area contributed by atoms with Gasteiger partial charge in [-0.25, -0.2) is 0 Å². The van der Waals surface area contributed by atoms with Crippen molar-refractivity contribution >= 4 is 10.9 Å². The number of benzene rings is 2. The van der Waals surface area contributed by atoms with Crippen molar-refractivity contribution in [2.75, 3.05) is 0 Å². The minimum absolute atomic E-state index is 0.0800. The molecule has 3 rings (SSSR count). The number of fused-ring (bicyclic) bond motifs is 1. The molecule has 1 aromatic heterocycles. The van der Waals surface area contributed by atoms with Crippen LogP contribution in [-0.4, -0.2) is 9.67 Å². The molecule has 1 heterocycles. The van der Waals surface area contributed by atoms with Gasteiger partial charge in [-0.2, -0.15) is 18.4 Å². The third-order valence-electron chi connectivity index (χ3n) is 4.01. The number of alkyl halides is 3. The summed E-state index contributed by atoms with van der Waals surface area (Å²) in [5.41, 5.74) is 1.20. The van der Waals surface area contributed by atoms with E-state index in [1.54, 1.807) is 16.7 Å². The average molecular weight is 354 g/mol. The van der Waals surface area contributed by atoms with E-state index in [0.29, 0.717) is 34.3 Å². The average Bonchev–Trinajstić information content (AvgIpc) is 2.91. The molecule has 130 valence electrons. The zero-order chi connectivity index (χ0) is 18.9. The molecule has 0 radical (unpaired) electrons. The van der Waals surface area contributed by atoms with E-state index >= 15 is 0 Å². The normalized spacial score (nSPS) is 11.0. The molecule has 0 aliphatic heterocycles. The maximum Gasteiger partial charge on any atom is 0.416 e. The van der Waals surface area contributed by atoms with Crippen molar-refractivity contribution in [3.63, 3.8) is 0 Å². The topological polar surface area (TPSA) is 49.0 Å². The summed E-state index contributed by atoms with van der Waals surface area (Å²) in [5, 5.41) is 19.9. The van der Waals surface area contributed by atoms with Crippen LogP contribution in [-0.2, 0) is 12.7 Å². The number of hydrogen-bond acceptors (Lipinski definition) is 2. The van der Waals surface area contributed by atoms with Gasteiger partial charge in [-0.05, 0) is 49.2 Å². The second-order valence-electron chi connectivity index (χ2n) is 5.61. The minimum Gasteiger partial charge on any atom is -0.508 e. The number of halogens is 3. The summed E-state index contributed by atoms with van der Waals surface area (Å²) in [6.07, 6.45) is -4.39. The molecule has 3 aromatic rings. The number of aromatic nitrogens is 1. The number of phenols is 1. The number of nitrogens with zero attached hydrogens (tertiary/aromatic N) is 2. The summed E-state index contributed by atoms with van der Waals surface area (Å²) in [4.78, 5) is 0. The zero-order valence-corrected chi connectivity index (χ0v) is 13.7. The lowest BCUT2D eigenvalue weighted by molar-refractivity contribution is -0.137. The fourth-order valence-corrected chi connectivity index (χ4v) is 2.78. The van der Waals surface area contributed by atoms with E-state index < -0.39 is 11.7 Å². The smallest absolute Gasteiger partial charge is 0.416 e. The van der Waals surface area contributed by atoms with Crippen LogP contribution in [0.5, 0.6) is 5.75 Å². The Morgan fingerprint density at radius 2 is 1.77 bits per heavy atom. The molecule has 0 bridgehead atoms. The van der Waals surface area contributed by atoms with Crippen molar-refractivity contribution in [3.8, 4) is 23.7 Å². The molecule has 26 heavy (non-hydrogen) atoms. The van der Waals surface area contributed by atoms with E-state index in [1.807, 2.05) is 6.92 Å². The van der Waals surface area contributed by atoms with Crippen LogP contribution in [0.2, 0.25) is 0 Å². The van der Waals surface area contributed by atoms with Gasteiger partial charge < -0.3 is 9.67 Å². The first kappa shape index (κ1) is 17.4. The molecule has 0 amide bonds. The lowest BCUT2D eigenvalue weighted by atomic mass is 10.1. The molecule has 0 aliphatic rings. The van der Waals surface area contributed by atoms with Crippen molar-refractivity contribution in [2.45, 2.75) is 19.6 Å². The highest BCUT2D eigenvalue weighted by molar-refractivity contribution is 5.90. The van der Waals surface area contributed by atoms with Gasteiger partial charge in [0.25, 0.3) is 0 Å². The molecule has 0 unspecified atom stereocenters. The molecule has 6 heteroatoms. The van der Waals surface area contributed by atoms with Gasteiger partial charge in [-0.1, -0.05) is 5.92 Å². The molecule has 0 saturated carbocycles. The van der Waals surface area contributed by atoms with Gasteiger partial charge in [0.15, 0.2) is 0 Å². The Kier molecular flexibility index (Phi) is 4.36. The lowest BCUT2D eigenvalue weighted by Gasteiger charge is -2.05. The van der Waals surface area contributed by atoms with E-state index in [2.05, 4.69) is 17.9 Å². The van der Waals surface area contributed by atoms with Gasteiger partial charge in [0.1, 0.15) is 17.5 Å². The predicted molar refractivity (Wildman–Crippen MR) is 91.4 cm³/mol. The Bertz CT molecular complexity index is 1080. The van der Waals surface area contributed by atoms with Gasteiger partial charge in [-0.15, -0.1) is 0 Å². The molecule has 0 saturated heterocycles. The van der Waals surface area contributed by atoms with Crippen LogP contribution in [0.1, 0.15) is 29.3 Å². The zero-order valence-electron chi connectivity index (χ0n) is 13.7. The van der Waals surface area contributed by atoms with Crippen LogP contribution >= 0.6 is 0 Å².